The first-order valence-corrected chi connectivity index (χ1v) is 5.02. The summed E-state index contributed by atoms with van der Waals surface area (Å²) in [5, 5.41) is 0. The van der Waals surface area contributed by atoms with Gasteiger partial charge in [-0.25, -0.2) is 0 Å². The average Bonchev–Trinajstić information content (AvgIpc) is 1.61. The van der Waals surface area contributed by atoms with E-state index in [9.17, 15) is 0 Å². The van der Waals surface area contributed by atoms with E-state index in [-0.39, 0.29) is 0 Å². The van der Waals surface area contributed by atoms with E-state index < -0.39 is 0 Å². The summed E-state index contributed by atoms with van der Waals surface area (Å²) in [7, 11) is 0.685. The lowest BCUT2D eigenvalue weighted by Crippen LogP contribution is -1.99. The molecule has 0 aromatic heterocycles. The van der Waals surface area contributed by atoms with Gasteiger partial charge in [0.05, 0.1) is 12.5 Å². The second kappa shape index (κ2) is 4.51. The molecule has 0 rings (SSSR count). The Hall–Kier alpha value is 0.350. The molecular formula is C6H15S+. The van der Waals surface area contributed by atoms with E-state index in [1.165, 1.54) is 18.6 Å². The summed E-state index contributed by atoms with van der Waals surface area (Å²) in [4.78, 5) is 0. The van der Waals surface area contributed by atoms with Crippen LogP contribution in [0.25, 0.3) is 0 Å². The van der Waals surface area contributed by atoms with Gasteiger partial charge in [0.15, 0.2) is 0 Å². The molecule has 0 aliphatic rings. The van der Waals surface area contributed by atoms with Gasteiger partial charge in [-0.2, -0.15) is 0 Å². The van der Waals surface area contributed by atoms with Crippen LogP contribution in [0.4, 0.5) is 0 Å². The maximum atomic E-state index is 2.30. The van der Waals surface area contributed by atoms with Crippen molar-refractivity contribution >= 4 is 10.9 Å². The van der Waals surface area contributed by atoms with Crippen molar-refractivity contribution in [3.8, 4) is 0 Å². The number of rotatable bonds is 3. The van der Waals surface area contributed by atoms with Crippen LogP contribution < -0.4 is 0 Å². The summed E-state index contributed by atoms with van der Waals surface area (Å²) >= 11 is 0. The molecule has 1 heteroatoms. The molecule has 0 amide bonds. The molecule has 0 heterocycles. The molecule has 0 nitrogen and oxygen atoms in total. The summed E-state index contributed by atoms with van der Waals surface area (Å²) < 4.78 is 0. The molecule has 7 heavy (non-hydrogen) atoms. The standard InChI is InChI=1S/C6H15S/c1-4-5-6-7(2)3/h4-6H2,1-3H3/q+1. The fourth-order valence-electron chi connectivity index (χ4n) is 0.433. The Balaban J connectivity index is 2.68. The molecule has 0 atom stereocenters. The highest BCUT2D eigenvalue weighted by molar-refractivity contribution is 7.95. The fraction of sp³-hybridized carbons (Fsp3) is 1.00. The van der Waals surface area contributed by atoms with E-state index in [2.05, 4.69) is 19.4 Å². The Labute approximate surface area is 49.7 Å². The van der Waals surface area contributed by atoms with E-state index >= 15 is 0 Å². The van der Waals surface area contributed by atoms with Crippen molar-refractivity contribution in [2.45, 2.75) is 19.8 Å². The molecule has 0 unspecified atom stereocenters. The minimum Gasteiger partial charge on any atom is -0.0652 e. The van der Waals surface area contributed by atoms with Crippen molar-refractivity contribution in [3.05, 3.63) is 0 Å². The average molecular weight is 119 g/mol. The van der Waals surface area contributed by atoms with Crippen molar-refractivity contribution in [2.75, 3.05) is 18.3 Å². The lowest BCUT2D eigenvalue weighted by atomic mass is 10.4. The Morgan fingerprint density at radius 1 is 1.29 bits per heavy atom. The van der Waals surface area contributed by atoms with Gasteiger partial charge in [-0.15, -0.1) is 0 Å². The van der Waals surface area contributed by atoms with Gasteiger partial charge in [-0.1, -0.05) is 13.3 Å². The Morgan fingerprint density at radius 2 is 1.86 bits per heavy atom. The second-order valence-electron chi connectivity index (χ2n) is 2.04. The van der Waals surface area contributed by atoms with E-state index in [1.54, 1.807) is 0 Å². The fourth-order valence-corrected chi connectivity index (χ4v) is 1.30. The molecule has 0 N–H and O–H groups in total. The van der Waals surface area contributed by atoms with Crippen LogP contribution in [-0.2, 0) is 10.9 Å². The highest BCUT2D eigenvalue weighted by atomic mass is 32.2. The van der Waals surface area contributed by atoms with Crippen LogP contribution >= 0.6 is 0 Å². The zero-order valence-electron chi connectivity index (χ0n) is 5.53. The molecule has 0 saturated heterocycles. The first-order valence-electron chi connectivity index (χ1n) is 2.81. The highest BCUT2D eigenvalue weighted by Crippen LogP contribution is 1.91. The number of hydrogen-bond donors (Lipinski definition) is 0. The molecule has 0 radical (unpaired) electrons. The SMILES string of the molecule is CCCC[S+](C)C. The van der Waals surface area contributed by atoms with Crippen LogP contribution in [0.5, 0.6) is 0 Å². The van der Waals surface area contributed by atoms with Gasteiger partial charge in [0.1, 0.15) is 5.75 Å². The maximum Gasteiger partial charge on any atom is 0.107 e. The van der Waals surface area contributed by atoms with E-state index in [1.807, 2.05) is 0 Å². The van der Waals surface area contributed by atoms with Crippen LogP contribution in [0.2, 0.25) is 0 Å². The van der Waals surface area contributed by atoms with Crippen molar-refractivity contribution in [1.82, 2.24) is 0 Å². The van der Waals surface area contributed by atoms with Crippen molar-refractivity contribution in [1.29, 1.82) is 0 Å². The number of hydrogen-bond acceptors (Lipinski definition) is 0. The second-order valence-corrected chi connectivity index (χ2v) is 4.42. The van der Waals surface area contributed by atoms with Gasteiger partial charge >= 0.3 is 0 Å². The monoisotopic (exact) mass is 119 g/mol. The Kier molecular flexibility index (Phi) is 4.73. The maximum absolute atomic E-state index is 2.30. The molecule has 0 aliphatic carbocycles. The van der Waals surface area contributed by atoms with Gasteiger partial charge < -0.3 is 0 Å². The minimum absolute atomic E-state index is 0.685. The summed E-state index contributed by atoms with van der Waals surface area (Å²) in [6, 6.07) is 0. The summed E-state index contributed by atoms with van der Waals surface area (Å²) in [6.45, 7) is 2.24. The molecule has 0 spiro atoms. The molecule has 0 aliphatic heterocycles. The van der Waals surface area contributed by atoms with Crippen molar-refractivity contribution in [3.63, 3.8) is 0 Å². The molecule has 0 aromatic rings. The number of unbranched alkanes of at least 4 members (excludes halogenated alkanes) is 1. The van der Waals surface area contributed by atoms with Crippen LogP contribution in [0, 0.1) is 0 Å². The van der Waals surface area contributed by atoms with Gasteiger partial charge in [0.25, 0.3) is 0 Å². The molecule has 0 saturated carbocycles. The zero-order chi connectivity index (χ0) is 5.70. The van der Waals surface area contributed by atoms with E-state index in [4.69, 9.17) is 0 Å². The highest BCUT2D eigenvalue weighted by Gasteiger charge is 1.97. The third kappa shape index (κ3) is 6.35. The molecule has 0 fully saturated rings. The predicted molar refractivity (Wildman–Crippen MR) is 39.0 cm³/mol. The molecule has 44 valence electrons. The smallest absolute Gasteiger partial charge is 0.0652 e. The predicted octanol–water partition coefficient (Wildman–Crippen LogP) is 1.66. The third-order valence-corrected chi connectivity index (χ3v) is 2.01. The normalized spacial score (nSPS) is 10.3. The van der Waals surface area contributed by atoms with Crippen molar-refractivity contribution < 1.29 is 0 Å². The van der Waals surface area contributed by atoms with Crippen LogP contribution in [0.15, 0.2) is 0 Å². The molecular weight excluding hydrogens is 104 g/mol. The van der Waals surface area contributed by atoms with Gasteiger partial charge in [0, 0.05) is 0 Å². The van der Waals surface area contributed by atoms with Gasteiger partial charge in [-0.3, -0.25) is 0 Å². The Morgan fingerprint density at radius 3 is 2.00 bits per heavy atom. The summed E-state index contributed by atoms with van der Waals surface area (Å²) in [5.41, 5.74) is 0. The van der Waals surface area contributed by atoms with Crippen LogP contribution in [0.3, 0.4) is 0 Å². The lowest BCUT2D eigenvalue weighted by Gasteiger charge is -1.90. The van der Waals surface area contributed by atoms with Gasteiger partial charge in [0.2, 0.25) is 0 Å². The molecule has 0 aromatic carbocycles. The first-order chi connectivity index (χ1) is 3.27. The summed E-state index contributed by atoms with van der Waals surface area (Å²) in [6.07, 6.45) is 7.37. The third-order valence-electron chi connectivity index (χ3n) is 0.906. The lowest BCUT2D eigenvalue weighted by molar-refractivity contribution is 0.894. The van der Waals surface area contributed by atoms with Crippen molar-refractivity contribution in [2.24, 2.45) is 0 Å². The van der Waals surface area contributed by atoms with Crippen LogP contribution in [-0.4, -0.2) is 18.3 Å². The quantitative estimate of drug-likeness (QED) is 0.496. The topological polar surface area (TPSA) is 0 Å². The molecule has 0 bridgehead atoms. The minimum atomic E-state index is 0.685. The Bertz CT molecular complexity index is 33.2. The first kappa shape index (κ1) is 7.35. The van der Waals surface area contributed by atoms with Gasteiger partial charge in [-0.05, 0) is 17.3 Å². The van der Waals surface area contributed by atoms with E-state index in [0.29, 0.717) is 10.9 Å². The van der Waals surface area contributed by atoms with Crippen LogP contribution in [0.1, 0.15) is 19.8 Å². The largest absolute Gasteiger partial charge is 0.107 e. The summed E-state index contributed by atoms with van der Waals surface area (Å²) in [5.74, 6) is 1.43. The van der Waals surface area contributed by atoms with E-state index in [0.717, 1.165) is 0 Å². The zero-order valence-corrected chi connectivity index (χ0v) is 6.35.